The number of β-amino-alcohol motifs (C(OH)–C–C–N with tert-alkyl or cyclic N) is 1. The topological polar surface area (TPSA) is 49.5 Å². The van der Waals surface area contributed by atoms with Crippen molar-refractivity contribution >= 4 is 0 Å². The SMILES string of the molecule is Cc1nc(CN2CCC[C@H](O)C2)oc1C. The van der Waals surface area contributed by atoms with E-state index < -0.39 is 0 Å². The Morgan fingerprint density at radius 1 is 1.53 bits per heavy atom. The van der Waals surface area contributed by atoms with Crippen LogP contribution in [0.15, 0.2) is 4.42 Å². The minimum Gasteiger partial charge on any atom is -0.444 e. The molecule has 1 saturated heterocycles. The maximum Gasteiger partial charge on any atom is 0.208 e. The molecule has 84 valence electrons. The molecule has 1 atom stereocenters. The number of aliphatic hydroxyl groups excluding tert-OH is 1. The molecule has 4 nitrogen and oxygen atoms in total. The zero-order chi connectivity index (χ0) is 10.8. The summed E-state index contributed by atoms with van der Waals surface area (Å²) in [5.41, 5.74) is 0.961. The number of piperidine rings is 1. The highest BCUT2D eigenvalue weighted by molar-refractivity contribution is 5.05. The summed E-state index contributed by atoms with van der Waals surface area (Å²) in [6.45, 7) is 6.36. The van der Waals surface area contributed by atoms with Crippen LogP contribution in [0.2, 0.25) is 0 Å². The first kappa shape index (κ1) is 10.6. The van der Waals surface area contributed by atoms with Crippen LogP contribution in [0, 0.1) is 13.8 Å². The summed E-state index contributed by atoms with van der Waals surface area (Å²) in [6.07, 6.45) is 1.79. The Morgan fingerprint density at radius 2 is 2.33 bits per heavy atom. The van der Waals surface area contributed by atoms with Crippen molar-refractivity contribution in [3.63, 3.8) is 0 Å². The monoisotopic (exact) mass is 210 g/mol. The van der Waals surface area contributed by atoms with Crippen LogP contribution in [0.5, 0.6) is 0 Å². The Labute approximate surface area is 89.9 Å². The lowest BCUT2D eigenvalue weighted by atomic mass is 10.1. The van der Waals surface area contributed by atoms with Gasteiger partial charge in [-0.25, -0.2) is 4.98 Å². The smallest absolute Gasteiger partial charge is 0.208 e. The summed E-state index contributed by atoms with van der Waals surface area (Å²) in [4.78, 5) is 6.53. The van der Waals surface area contributed by atoms with Gasteiger partial charge in [-0.2, -0.15) is 0 Å². The molecule has 1 N–H and O–H groups in total. The average molecular weight is 210 g/mol. The van der Waals surface area contributed by atoms with Crippen LogP contribution < -0.4 is 0 Å². The molecule has 0 aliphatic carbocycles. The number of aliphatic hydroxyl groups is 1. The Balaban J connectivity index is 1.96. The molecule has 0 spiro atoms. The third kappa shape index (κ3) is 2.58. The number of hydrogen-bond donors (Lipinski definition) is 1. The van der Waals surface area contributed by atoms with Crippen LogP contribution >= 0.6 is 0 Å². The van der Waals surface area contributed by atoms with E-state index in [0.717, 1.165) is 43.3 Å². The van der Waals surface area contributed by atoms with E-state index in [1.807, 2.05) is 13.8 Å². The van der Waals surface area contributed by atoms with Gasteiger partial charge in [0.1, 0.15) is 5.76 Å². The van der Waals surface area contributed by atoms with Gasteiger partial charge in [0.05, 0.1) is 18.3 Å². The first-order valence-corrected chi connectivity index (χ1v) is 5.48. The van der Waals surface area contributed by atoms with Crippen molar-refractivity contribution in [2.24, 2.45) is 0 Å². The molecule has 0 unspecified atom stereocenters. The molecule has 0 amide bonds. The number of hydrogen-bond acceptors (Lipinski definition) is 4. The van der Waals surface area contributed by atoms with E-state index in [1.165, 1.54) is 0 Å². The molecule has 2 heterocycles. The third-order valence-corrected chi connectivity index (χ3v) is 2.91. The number of aromatic nitrogens is 1. The minimum atomic E-state index is -0.184. The van der Waals surface area contributed by atoms with E-state index in [1.54, 1.807) is 0 Å². The van der Waals surface area contributed by atoms with Crippen molar-refractivity contribution in [2.75, 3.05) is 13.1 Å². The fraction of sp³-hybridized carbons (Fsp3) is 0.727. The molecule has 4 heteroatoms. The number of likely N-dealkylation sites (tertiary alicyclic amines) is 1. The fourth-order valence-corrected chi connectivity index (χ4v) is 1.97. The van der Waals surface area contributed by atoms with Gasteiger partial charge in [0.2, 0.25) is 5.89 Å². The van der Waals surface area contributed by atoms with Crippen LogP contribution in [0.3, 0.4) is 0 Å². The predicted molar refractivity (Wildman–Crippen MR) is 56.5 cm³/mol. The number of oxazole rings is 1. The van der Waals surface area contributed by atoms with E-state index in [9.17, 15) is 5.11 Å². The van der Waals surface area contributed by atoms with Gasteiger partial charge in [-0.1, -0.05) is 0 Å². The van der Waals surface area contributed by atoms with Gasteiger partial charge in [0.25, 0.3) is 0 Å². The van der Waals surface area contributed by atoms with Gasteiger partial charge < -0.3 is 9.52 Å². The van der Waals surface area contributed by atoms with Crippen LogP contribution in [-0.2, 0) is 6.54 Å². The van der Waals surface area contributed by atoms with Crippen molar-refractivity contribution in [2.45, 2.75) is 39.3 Å². The molecule has 1 aliphatic heterocycles. The molecule has 0 saturated carbocycles. The van der Waals surface area contributed by atoms with Crippen molar-refractivity contribution < 1.29 is 9.52 Å². The van der Waals surface area contributed by atoms with E-state index in [2.05, 4.69) is 9.88 Å². The predicted octanol–water partition coefficient (Wildman–Crippen LogP) is 1.25. The minimum absolute atomic E-state index is 0.184. The molecule has 1 fully saturated rings. The Hall–Kier alpha value is -0.870. The lowest BCUT2D eigenvalue weighted by Crippen LogP contribution is -2.37. The lowest BCUT2D eigenvalue weighted by Gasteiger charge is -2.28. The molecule has 0 aromatic carbocycles. The van der Waals surface area contributed by atoms with Crippen molar-refractivity contribution in [1.82, 2.24) is 9.88 Å². The highest BCUT2D eigenvalue weighted by Crippen LogP contribution is 2.15. The third-order valence-electron chi connectivity index (χ3n) is 2.91. The quantitative estimate of drug-likeness (QED) is 0.798. The Bertz CT molecular complexity index is 316. The highest BCUT2D eigenvalue weighted by atomic mass is 16.4. The van der Waals surface area contributed by atoms with E-state index >= 15 is 0 Å². The van der Waals surface area contributed by atoms with Gasteiger partial charge in [0, 0.05) is 6.54 Å². The second-order valence-electron chi connectivity index (χ2n) is 4.28. The van der Waals surface area contributed by atoms with Crippen molar-refractivity contribution in [1.29, 1.82) is 0 Å². The lowest BCUT2D eigenvalue weighted by molar-refractivity contribution is 0.0623. The Kier molecular flexibility index (Phi) is 3.07. The summed E-state index contributed by atoms with van der Waals surface area (Å²) < 4.78 is 5.52. The largest absolute Gasteiger partial charge is 0.444 e. The maximum atomic E-state index is 9.52. The molecule has 0 bridgehead atoms. The summed E-state index contributed by atoms with van der Waals surface area (Å²) in [5, 5.41) is 9.52. The summed E-state index contributed by atoms with van der Waals surface area (Å²) in [7, 11) is 0. The van der Waals surface area contributed by atoms with Crippen molar-refractivity contribution in [3.8, 4) is 0 Å². The fourth-order valence-electron chi connectivity index (χ4n) is 1.97. The standard InChI is InChI=1S/C11H18N2O2/c1-8-9(2)15-11(12-8)7-13-5-3-4-10(14)6-13/h10,14H,3-7H2,1-2H3/t10-/m0/s1. The molecule has 15 heavy (non-hydrogen) atoms. The molecule has 0 radical (unpaired) electrons. The summed E-state index contributed by atoms with van der Waals surface area (Å²) >= 11 is 0. The summed E-state index contributed by atoms with van der Waals surface area (Å²) in [5.74, 6) is 1.65. The van der Waals surface area contributed by atoms with Crippen LogP contribution in [0.25, 0.3) is 0 Å². The molecular formula is C11H18N2O2. The maximum absolute atomic E-state index is 9.52. The van der Waals surface area contributed by atoms with Crippen LogP contribution in [-0.4, -0.2) is 34.2 Å². The first-order valence-electron chi connectivity index (χ1n) is 5.48. The van der Waals surface area contributed by atoms with E-state index in [4.69, 9.17) is 4.42 Å². The first-order chi connectivity index (χ1) is 7.15. The van der Waals surface area contributed by atoms with E-state index in [0.29, 0.717) is 6.54 Å². The number of rotatable bonds is 2. The van der Waals surface area contributed by atoms with Crippen LogP contribution in [0.4, 0.5) is 0 Å². The molecular weight excluding hydrogens is 192 g/mol. The molecule has 1 aromatic rings. The van der Waals surface area contributed by atoms with E-state index in [-0.39, 0.29) is 6.10 Å². The zero-order valence-corrected chi connectivity index (χ0v) is 9.36. The zero-order valence-electron chi connectivity index (χ0n) is 9.36. The Morgan fingerprint density at radius 3 is 2.93 bits per heavy atom. The number of aryl methyl sites for hydroxylation is 2. The van der Waals surface area contributed by atoms with Gasteiger partial charge in [0.15, 0.2) is 0 Å². The van der Waals surface area contributed by atoms with Crippen LogP contribution in [0.1, 0.15) is 30.2 Å². The average Bonchev–Trinajstić information content (AvgIpc) is 2.45. The van der Waals surface area contributed by atoms with Gasteiger partial charge in [-0.05, 0) is 33.2 Å². The van der Waals surface area contributed by atoms with Gasteiger partial charge >= 0.3 is 0 Å². The molecule has 1 aromatic heterocycles. The highest BCUT2D eigenvalue weighted by Gasteiger charge is 2.19. The second-order valence-corrected chi connectivity index (χ2v) is 4.28. The van der Waals surface area contributed by atoms with Crippen molar-refractivity contribution in [3.05, 3.63) is 17.3 Å². The molecule has 2 rings (SSSR count). The number of nitrogens with zero attached hydrogens (tertiary/aromatic N) is 2. The van der Waals surface area contributed by atoms with Gasteiger partial charge in [-0.3, -0.25) is 4.90 Å². The second kappa shape index (κ2) is 4.33. The normalized spacial score (nSPS) is 23.3. The summed E-state index contributed by atoms with van der Waals surface area (Å²) in [6, 6.07) is 0. The van der Waals surface area contributed by atoms with Gasteiger partial charge in [-0.15, -0.1) is 0 Å². The molecule has 1 aliphatic rings.